The zero-order valence-corrected chi connectivity index (χ0v) is 12.2. The molecule has 21 heavy (non-hydrogen) atoms. The van der Waals surface area contributed by atoms with Crippen LogP contribution < -0.4 is 5.32 Å². The van der Waals surface area contributed by atoms with E-state index in [9.17, 15) is 4.39 Å². The summed E-state index contributed by atoms with van der Waals surface area (Å²) in [5, 5.41) is 3.26. The van der Waals surface area contributed by atoms with Gasteiger partial charge in [0, 0.05) is 31.9 Å². The van der Waals surface area contributed by atoms with E-state index >= 15 is 0 Å². The van der Waals surface area contributed by atoms with Gasteiger partial charge in [0.1, 0.15) is 5.82 Å². The molecule has 1 aliphatic heterocycles. The van der Waals surface area contributed by atoms with Gasteiger partial charge in [0.2, 0.25) is 0 Å². The monoisotopic (exact) mass is 285 g/mol. The fraction of sp³-hybridized carbons (Fsp3) is 0.353. The molecule has 4 heteroatoms. The number of hydrogen-bond donors (Lipinski definition) is 1. The lowest BCUT2D eigenvalue weighted by atomic mass is 9.93. The van der Waals surface area contributed by atoms with E-state index in [1.54, 1.807) is 12.3 Å². The molecular weight excluding hydrogens is 265 g/mol. The van der Waals surface area contributed by atoms with Crippen LogP contribution >= 0.6 is 0 Å². The van der Waals surface area contributed by atoms with Gasteiger partial charge in [-0.15, -0.1) is 0 Å². The predicted molar refractivity (Wildman–Crippen MR) is 81.3 cm³/mol. The maximum atomic E-state index is 13.3. The predicted octanol–water partition coefficient (Wildman–Crippen LogP) is 2.37. The Hall–Kier alpha value is -1.78. The molecule has 2 aromatic rings. The van der Waals surface area contributed by atoms with Gasteiger partial charge in [-0.2, -0.15) is 0 Å². The number of likely N-dealkylation sites (N-methyl/N-ethyl adjacent to an activating group) is 1. The summed E-state index contributed by atoms with van der Waals surface area (Å²) in [6.07, 6.45) is 4.03. The molecule has 1 atom stereocenters. The van der Waals surface area contributed by atoms with Gasteiger partial charge >= 0.3 is 0 Å². The van der Waals surface area contributed by atoms with Crippen molar-refractivity contribution in [2.75, 3.05) is 13.6 Å². The van der Waals surface area contributed by atoms with Crippen LogP contribution in [0, 0.1) is 5.82 Å². The Balaban J connectivity index is 1.82. The van der Waals surface area contributed by atoms with E-state index in [0.29, 0.717) is 6.04 Å². The highest BCUT2D eigenvalue weighted by Gasteiger charge is 2.25. The van der Waals surface area contributed by atoms with Crippen LogP contribution in [0.5, 0.6) is 0 Å². The molecule has 3 nitrogen and oxygen atoms in total. The van der Waals surface area contributed by atoms with Crippen LogP contribution in [0.25, 0.3) is 0 Å². The van der Waals surface area contributed by atoms with Crippen molar-refractivity contribution in [2.45, 2.75) is 25.6 Å². The second kappa shape index (κ2) is 6.33. The average molecular weight is 285 g/mol. The highest BCUT2D eigenvalue weighted by molar-refractivity contribution is 5.30. The molecule has 110 valence electrons. The number of nitrogens with zero attached hydrogens (tertiary/aromatic N) is 2. The first kappa shape index (κ1) is 14.2. The molecule has 1 aromatic carbocycles. The Bertz CT molecular complexity index is 614. The Morgan fingerprint density at radius 2 is 2.10 bits per heavy atom. The summed E-state index contributed by atoms with van der Waals surface area (Å²) in [4.78, 5) is 6.35. The van der Waals surface area contributed by atoms with E-state index in [1.807, 2.05) is 7.05 Å². The minimum absolute atomic E-state index is 0.268. The largest absolute Gasteiger partial charge is 0.318 e. The van der Waals surface area contributed by atoms with Gasteiger partial charge < -0.3 is 5.32 Å². The first-order valence-corrected chi connectivity index (χ1v) is 7.31. The Labute approximate surface area is 124 Å². The second-order valence-corrected chi connectivity index (χ2v) is 5.60. The summed E-state index contributed by atoms with van der Waals surface area (Å²) >= 11 is 0. The number of hydrogen-bond acceptors (Lipinski definition) is 3. The zero-order valence-electron chi connectivity index (χ0n) is 12.2. The fourth-order valence-electron chi connectivity index (χ4n) is 3.04. The summed E-state index contributed by atoms with van der Waals surface area (Å²) in [7, 11) is 1.97. The van der Waals surface area contributed by atoms with Crippen LogP contribution in [-0.4, -0.2) is 29.5 Å². The van der Waals surface area contributed by atoms with Crippen molar-refractivity contribution in [3.8, 4) is 0 Å². The molecule has 0 bridgehead atoms. The van der Waals surface area contributed by atoms with Crippen LogP contribution in [0.4, 0.5) is 4.39 Å². The smallest absolute Gasteiger partial charge is 0.141 e. The van der Waals surface area contributed by atoms with Crippen molar-refractivity contribution in [3.05, 3.63) is 65.2 Å². The molecule has 1 aromatic heterocycles. The summed E-state index contributed by atoms with van der Waals surface area (Å²) < 4.78 is 13.3. The van der Waals surface area contributed by atoms with Gasteiger partial charge in [-0.3, -0.25) is 9.88 Å². The summed E-state index contributed by atoms with van der Waals surface area (Å²) in [6, 6.07) is 10.6. The molecule has 1 N–H and O–H groups in total. The van der Waals surface area contributed by atoms with Gasteiger partial charge in [0.05, 0.1) is 6.20 Å². The van der Waals surface area contributed by atoms with Crippen LogP contribution in [0.1, 0.15) is 16.7 Å². The molecule has 1 aliphatic rings. The lowest BCUT2D eigenvalue weighted by molar-refractivity contribution is 0.160. The molecule has 0 amide bonds. The van der Waals surface area contributed by atoms with Gasteiger partial charge in [-0.25, -0.2) is 4.39 Å². The molecule has 0 saturated heterocycles. The third-order valence-electron chi connectivity index (χ3n) is 4.05. The van der Waals surface area contributed by atoms with Crippen molar-refractivity contribution >= 4 is 0 Å². The highest BCUT2D eigenvalue weighted by Crippen LogP contribution is 2.24. The van der Waals surface area contributed by atoms with Crippen molar-refractivity contribution < 1.29 is 4.39 Å². The average Bonchev–Trinajstić information content (AvgIpc) is 2.48. The van der Waals surface area contributed by atoms with E-state index in [-0.39, 0.29) is 5.82 Å². The Morgan fingerprint density at radius 3 is 2.86 bits per heavy atom. The number of halogens is 1. The first-order valence-electron chi connectivity index (χ1n) is 7.31. The number of nitrogens with one attached hydrogen (secondary N) is 1. The molecule has 2 heterocycles. The normalized spacial score (nSPS) is 18.5. The lowest BCUT2D eigenvalue weighted by Crippen LogP contribution is -2.45. The molecule has 3 rings (SSSR count). The molecule has 0 radical (unpaired) electrons. The number of aromatic nitrogens is 1. The first-order chi connectivity index (χ1) is 10.3. The minimum Gasteiger partial charge on any atom is -0.318 e. The number of fused-ring (bicyclic) bond motifs is 1. The lowest BCUT2D eigenvalue weighted by Gasteiger charge is -2.37. The second-order valence-electron chi connectivity index (χ2n) is 5.60. The van der Waals surface area contributed by atoms with Crippen LogP contribution in [0.15, 0.2) is 42.7 Å². The maximum Gasteiger partial charge on any atom is 0.141 e. The van der Waals surface area contributed by atoms with Gasteiger partial charge in [0.15, 0.2) is 0 Å². The third-order valence-corrected chi connectivity index (χ3v) is 4.05. The number of pyridine rings is 1. The molecule has 0 fully saturated rings. The van der Waals surface area contributed by atoms with Crippen molar-refractivity contribution in [1.29, 1.82) is 0 Å². The maximum absolute atomic E-state index is 13.3. The van der Waals surface area contributed by atoms with E-state index < -0.39 is 0 Å². The van der Waals surface area contributed by atoms with E-state index in [0.717, 1.165) is 31.6 Å². The molecule has 1 unspecified atom stereocenters. The van der Waals surface area contributed by atoms with Crippen molar-refractivity contribution in [1.82, 2.24) is 15.2 Å². The van der Waals surface area contributed by atoms with Crippen LogP contribution in [-0.2, 0) is 19.5 Å². The van der Waals surface area contributed by atoms with E-state index in [4.69, 9.17) is 0 Å². The number of benzene rings is 1. The van der Waals surface area contributed by atoms with Gasteiger partial charge in [-0.1, -0.05) is 24.3 Å². The summed E-state index contributed by atoms with van der Waals surface area (Å²) in [6.45, 7) is 2.56. The summed E-state index contributed by atoms with van der Waals surface area (Å²) in [5.74, 6) is -0.268. The number of rotatable bonds is 4. The quantitative estimate of drug-likeness (QED) is 0.935. The van der Waals surface area contributed by atoms with Gasteiger partial charge in [-0.05, 0) is 36.2 Å². The SMILES string of the molecule is CNCC1Cc2ccccc2CN1Cc1cncc(F)c1. The summed E-state index contributed by atoms with van der Waals surface area (Å²) in [5.41, 5.74) is 3.72. The molecule has 0 spiro atoms. The van der Waals surface area contributed by atoms with Crippen molar-refractivity contribution in [2.24, 2.45) is 0 Å². The minimum atomic E-state index is -0.268. The van der Waals surface area contributed by atoms with Crippen molar-refractivity contribution in [3.63, 3.8) is 0 Å². The standard InChI is InChI=1S/C17H20FN3/c1-19-10-17-7-14-4-2-3-5-15(14)12-21(17)11-13-6-16(18)9-20-8-13/h2-6,8-9,17,19H,7,10-12H2,1H3. The highest BCUT2D eigenvalue weighted by atomic mass is 19.1. The fourth-order valence-corrected chi connectivity index (χ4v) is 3.04. The zero-order chi connectivity index (χ0) is 14.7. The molecular formula is C17H20FN3. The third kappa shape index (κ3) is 3.28. The molecule has 0 saturated carbocycles. The topological polar surface area (TPSA) is 28.2 Å². The van der Waals surface area contributed by atoms with Gasteiger partial charge in [0.25, 0.3) is 0 Å². The van der Waals surface area contributed by atoms with Crippen LogP contribution in [0.2, 0.25) is 0 Å². The van der Waals surface area contributed by atoms with E-state index in [1.165, 1.54) is 17.3 Å². The Morgan fingerprint density at radius 1 is 1.29 bits per heavy atom. The van der Waals surface area contributed by atoms with E-state index in [2.05, 4.69) is 39.5 Å². The molecule has 0 aliphatic carbocycles. The van der Waals surface area contributed by atoms with Crippen LogP contribution in [0.3, 0.4) is 0 Å². The Kier molecular flexibility index (Phi) is 4.27.